The highest BCUT2D eigenvalue weighted by molar-refractivity contribution is 5.91. The molecule has 0 saturated carbocycles. The van der Waals surface area contributed by atoms with Crippen LogP contribution in [0.3, 0.4) is 0 Å². The SMILES string of the molecule is COc1ccc2c(=O)c3cc(O)c(O)cc3oc2c1. The summed E-state index contributed by atoms with van der Waals surface area (Å²) in [7, 11) is 1.52. The summed E-state index contributed by atoms with van der Waals surface area (Å²) in [5.74, 6) is -0.122. The third-order valence-electron chi connectivity index (χ3n) is 2.97. The molecule has 0 radical (unpaired) electrons. The molecule has 0 amide bonds. The quantitative estimate of drug-likeness (QED) is 0.517. The molecule has 0 atom stereocenters. The summed E-state index contributed by atoms with van der Waals surface area (Å²) in [5, 5.41) is 19.5. The molecule has 19 heavy (non-hydrogen) atoms. The van der Waals surface area contributed by atoms with Crippen LogP contribution in [0.25, 0.3) is 21.9 Å². The highest BCUT2D eigenvalue weighted by Gasteiger charge is 2.11. The minimum absolute atomic E-state index is 0.209. The number of ether oxygens (including phenoxy) is 1. The van der Waals surface area contributed by atoms with E-state index in [0.717, 1.165) is 0 Å². The lowest BCUT2D eigenvalue weighted by molar-refractivity contribution is 0.404. The van der Waals surface area contributed by atoms with Gasteiger partial charge in [-0.3, -0.25) is 4.79 Å². The van der Waals surface area contributed by atoms with Gasteiger partial charge in [-0.05, 0) is 18.2 Å². The van der Waals surface area contributed by atoms with Crippen LogP contribution in [0.1, 0.15) is 0 Å². The minimum Gasteiger partial charge on any atom is -0.504 e. The lowest BCUT2D eigenvalue weighted by Crippen LogP contribution is -2.02. The maximum absolute atomic E-state index is 12.3. The van der Waals surface area contributed by atoms with Crippen molar-refractivity contribution in [1.82, 2.24) is 0 Å². The van der Waals surface area contributed by atoms with Crippen LogP contribution in [-0.2, 0) is 0 Å². The van der Waals surface area contributed by atoms with Crippen LogP contribution in [0.4, 0.5) is 0 Å². The zero-order valence-corrected chi connectivity index (χ0v) is 10.0. The summed E-state index contributed by atoms with van der Waals surface area (Å²) in [6, 6.07) is 7.26. The summed E-state index contributed by atoms with van der Waals surface area (Å²) in [4.78, 5) is 12.3. The molecule has 1 heterocycles. The summed E-state index contributed by atoms with van der Waals surface area (Å²) < 4.78 is 10.6. The Morgan fingerprint density at radius 3 is 2.42 bits per heavy atom. The molecular formula is C14H10O5. The Hall–Kier alpha value is -2.69. The van der Waals surface area contributed by atoms with Gasteiger partial charge < -0.3 is 19.4 Å². The van der Waals surface area contributed by atoms with Crippen LogP contribution < -0.4 is 10.2 Å². The average Bonchev–Trinajstić information content (AvgIpc) is 2.41. The van der Waals surface area contributed by atoms with E-state index in [-0.39, 0.29) is 27.9 Å². The van der Waals surface area contributed by atoms with Gasteiger partial charge in [-0.1, -0.05) is 0 Å². The van der Waals surface area contributed by atoms with E-state index in [0.29, 0.717) is 16.7 Å². The van der Waals surface area contributed by atoms with Crippen LogP contribution in [0, 0.1) is 0 Å². The van der Waals surface area contributed by atoms with E-state index in [1.165, 1.54) is 19.2 Å². The molecule has 5 heteroatoms. The number of phenolic OH excluding ortho intramolecular Hbond substituents is 2. The maximum atomic E-state index is 12.3. The van der Waals surface area contributed by atoms with Crippen LogP contribution >= 0.6 is 0 Å². The number of fused-ring (bicyclic) bond motifs is 2. The zero-order valence-electron chi connectivity index (χ0n) is 10.0. The van der Waals surface area contributed by atoms with Crippen molar-refractivity contribution in [2.75, 3.05) is 7.11 Å². The number of benzene rings is 2. The second-order valence-electron chi connectivity index (χ2n) is 4.13. The summed E-state index contributed by atoms with van der Waals surface area (Å²) in [6.07, 6.45) is 0. The van der Waals surface area contributed by atoms with Crippen molar-refractivity contribution in [3.8, 4) is 17.2 Å². The van der Waals surface area contributed by atoms with Gasteiger partial charge in [-0.25, -0.2) is 0 Å². The van der Waals surface area contributed by atoms with Crippen LogP contribution in [0.5, 0.6) is 17.2 Å². The first kappa shape index (κ1) is 11.4. The molecule has 0 unspecified atom stereocenters. The fraction of sp³-hybridized carbons (Fsp3) is 0.0714. The monoisotopic (exact) mass is 258 g/mol. The van der Waals surface area contributed by atoms with Crippen LogP contribution in [0.15, 0.2) is 39.5 Å². The fourth-order valence-corrected chi connectivity index (χ4v) is 1.98. The number of rotatable bonds is 1. The van der Waals surface area contributed by atoms with Crippen molar-refractivity contribution in [2.45, 2.75) is 0 Å². The predicted molar refractivity (Wildman–Crippen MR) is 69.9 cm³/mol. The van der Waals surface area contributed by atoms with Crippen molar-refractivity contribution in [2.24, 2.45) is 0 Å². The van der Waals surface area contributed by atoms with Crippen LogP contribution in [0.2, 0.25) is 0 Å². The van der Waals surface area contributed by atoms with E-state index in [2.05, 4.69) is 0 Å². The van der Waals surface area contributed by atoms with Gasteiger partial charge in [0.15, 0.2) is 11.5 Å². The third-order valence-corrected chi connectivity index (χ3v) is 2.97. The molecule has 0 bridgehead atoms. The lowest BCUT2D eigenvalue weighted by Gasteiger charge is -2.05. The lowest BCUT2D eigenvalue weighted by atomic mass is 10.1. The Kier molecular flexibility index (Phi) is 2.35. The number of phenols is 2. The maximum Gasteiger partial charge on any atom is 0.200 e. The van der Waals surface area contributed by atoms with Gasteiger partial charge >= 0.3 is 0 Å². The van der Waals surface area contributed by atoms with Gasteiger partial charge in [0.05, 0.1) is 17.9 Å². The number of aromatic hydroxyl groups is 2. The third kappa shape index (κ3) is 1.67. The Balaban J connectivity index is 2.48. The first-order valence-electron chi connectivity index (χ1n) is 5.56. The molecule has 0 aliphatic rings. The predicted octanol–water partition coefficient (Wildman–Crippen LogP) is 2.37. The fourth-order valence-electron chi connectivity index (χ4n) is 1.98. The molecule has 3 aromatic rings. The van der Waals surface area contributed by atoms with Gasteiger partial charge in [-0.2, -0.15) is 0 Å². The average molecular weight is 258 g/mol. The molecular weight excluding hydrogens is 248 g/mol. The topological polar surface area (TPSA) is 79.9 Å². The highest BCUT2D eigenvalue weighted by atomic mass is 16.5. The molecule has 0 aliphatic carbocycles. The number of methoxy groups -OCH3 is 1. The Morgan fingerprint density at radius 1 is 1.00 bits per heavy atom. The summed E-state index contributed by atoms with van der Waals surface area (Å²) in [6.45, 7) is 0. The van der Waals surface area contributed by atoms with E-state index in [1.807, 2.05) is 0 Å². The van der Waals surface area contributed by atoms with Crippen molar-refractivity contribution in [3.05, 3.63) is 40.6 Å². The van der Waals surface area contributed by atoms with Gasteiger partial charge in [0.25, 0.3) is 0 Å². The minimum atomic E-state index is -0.354. The highest BCUT2D eigenvalue weighted by Crippen LogP contribution is 2.31. The molecule has 96 valence electrons. The molecule has 0 aliphatic heterocycles. The summed E-state index contributed by atoms with van der Waals surface area (Å²) in [5.41, 5.74) is 0.303. The normalized spacial score (nSPS) is 11.0. The smallest absolute Gasteiger partial charge is 0.200 e. The first-order valence-corrected chi connectivity index (χ1v) is 5.56. The molecule has 3 rings (SSSR count). The first-order chi connectivity index (χ1) is 9.10. The van der Waals surface area contributed by atoms with E-state index in [4.69, 9.17) is 9.15 Å². The Bertz CT molecular complexity index is 848. The van der Waals surface area contributed by atoms with Gasteiger partial charge in [0.2, 0.25) is 5.43 Å². The van der Waals surface area contributed by atoms with Crippen molar-refractivity contribution < 1.29 is 19.4 Å². The second-order valence-corrected chi connectivity index (χ2v) is 4.13. The largest absolute Gasteiger partial charge is 0.504 e. The van der Waals surface area contributed by atoms with E-state index in [9.17, 15) is 15.0 Å². The van der Waals surface area contributed by atoms with E-state index >= 15 is 0 Å². The molecule has 5 nitrogen and oxygen atoms in total. The number of hydrogen-bond donors (Lipinski definition) is 2. The Labute approximate surface area is 107 Å². The molecule has 0 saturated heterocycles. The zero-order chi connectivity index (χ0) is 13.6. The molecule has 0 fully saturated rings. The van der Waals surface area contributed by atoms with Gasteiger partial charge in [-0.15, -0.1) is 0 Å². The van der Waals surface area contributed by atoms with Crippen LogP contribution in [-0.4, -0.2) is 17.3 Å². The second kappa shape index (κ2) is 3.91. The molecule has 0 spiro atoms. The molecule has 2 N–H and O–H groups in total. The standard InChI is InChI=1S/C14H10O5/c1-18-7-2-3-8-12(4-7)19-13-6-11(16)10(15)5-9(13)14(8)17/h2-6,15-16H,1H3. The van der Waals surface area contributed by atoms with Gasteiger partial charge in [0.1, 0.15) is 16.9 Å². The number of hydrogen-bond acceptors (Lipinski definition) is 5. The van der Waals surface area contributed by atoms with E-state index in [1.54, 1.807) is 18.2 Å². The van der Waals surface area contributed by atoms with Crippen molar-refractivity contribution in [1.29, 1.82) is 0 Å². The van der Waals surface area contributed by atoms with Gasteiger partial charge in [0, 0.05) is 12.1 Å². The van der Waals surface area contributed by atoms with E-state index < -0.39 is 0 Å². The Morgan fingerprint density at radius 2 is 1.68 bits per heavy atom. The van der Waals surface area contributed by atoms with Crippen molar-refractivity contribution >= 4 is 21.9 Å². The summed E-state index contributed by atoms with van der Waals surface area (Å²) >= 11 is 0. The molecule has 1 aromatic heterocycles. The molecule has 2 aromatic carbocycles. The van der Waals surface area contributed by atoms with Crippen molar-refractivity contribution in [3.63, 3.8) is 0 Å².